The summed E-state index contributed by atoms with van der Waals surface area (Å²) >= 11 is 0. The molecule has 1 aromatic heterocycles. The van der Waals surface area contributed by atoms with Crippen LogP contribution in [-0.2, 0) is 10.0 Å². The molecule has 0 aliphatic carbocycles. The molecule has 0 atom stereocenters. The number of nitrogens with one attached hydrogen (secondary N) is 1. The summed E-state index contributed by atoms with van der Waals surface area (Å²) in [6.45, 7) is 1.63. The van der Waals surface area contributed by atoms with E-state index in [4.69, 9.17) is 0 Å². The number of halogens is 3. The molecule has 1 rings (SSSR count). The van der Waals surface area contributed by atoms with E-state index in [9.17, 15) is 21.6 Å². The SMILES string of the molecule is CCNc1ccncc1S(=O)(=O)N(C)CCC(F)(F)F. The summed E-state index contributed by atoms with van der Waals surface area (Å²) in [5.41, 5.74) is 0.321. The van der Waals surface area contributed by atoms with Crippen LogP contribution in [0.1, 0.15) is 13.3 Å². The van der Waals surface area contributed by atoms with Crippen LogP contribution in [-0.4, -0.2) is 44.0 Å². The quantitative estimate of drug-likeness (QED) is 0.874. The Bertz CT molecular complexity index is 546. The molecule has 0 spiro atoms. The van der Waals surface area contributed by atoms with Crippen molar-refractivity contribution in [1.29, 1.82) is 0 Å². The fourth-order valence-electron chi connectivity index (χ4n) is 1.49. The fourth-order valence-corrected chi connectivity index (χ4v) is 2.77. The smallest absolute Gasteiger partial charge is 0.384 e. The molecule has 0 aromatic carbocycles. The molecule has 9 heteroatoms. The normalized spacial score (nSPS) is 12.7. The van der Waals surface area contributed by atoms with Gasteiger partial charge in [-0.05, 0) is 13.0 Å². The number of pyridine rings is 1. The van der Waals surface area contributed by atoms with Gasteiger partial charge < -0.3 is 5.32 Å². The highest BCUT2D eigenvalue weighted by molar-refractivity contribution is 7.89. The van der Waals surface area contributed by atoms with E-state index >= 15 is 0 Å². The number of hydrogen-bond acceptors (Lipinski definition) is 4. The first kappa shape index (κ1) is 16.7. The standard InChI is InChI=1S/C11H16F3N3O2S/c1-3-16-9-4-6-15-8-10(9)20(18,19)17(2)7-5-11(12,13)14/h4,6,8H,3,5,7H2,1-2H3,(H,15,16). The average Bonchev–Trinajstić information content (AvgIpc) is 2.36. The minimum atomic E-state index is -4.40. The number of hydrogen-bond donors (Lipinski definition) is 1. The van der Waals surface area contributed by atoms with Gasteiger partial charge in [0.05, 0.1) is 12.1 Å². The Morgan fingerprint density at radius 3 is 2.60 bits per heavy atom. The van der Waals surface area contributed by atoms with Crippen LogP contribution in [0.25, 0.3) is 0 Å². The molecule has 0 saturated carbocycles. The summed E-state index contributed by atoms with van der Waals surface area (Å²) in [5.74, 6) is 0. The minimum absolute atomic E-state index is 0.133. The summed E-state index contributed by atoms with van der Waals surface area (Å²) in [4.78, 5) is 3.58. The van der Waals surface area contributed by atoms with Crippen molar-refractivity contribution in [2.75, 3.05) is 25.5 Å². The van der Waals surface area contributed by atoms with E-state index in [1.807, 2.05) is 0 Å². The van der Waals surface area contributed by atoms with E-state index in [-0.39, 0.29) is 4.90 Å². The van der Waals surface area contributed by atoms with E-state index in [0.717, 1.165) is 13.2 Å². The van der Waals surface area contributed by atoms with Gasteiger partial charge in [0.1, 0.15) is 4.90 Å². The molecule has 0 radical (unpaired) electrons. The first-order chi connectivity index (χ1) is 9.18. The second-order valence-electron chi connectivity index (χ2n) is 4.09. The highest BCUT2D eigenvalue weighted by Crippen LogP contribution is 2.25. The molecule has 0 unspecified atom stereocenters. The predicted molar refractivity (Wildman–Crippen MR) is 68.9 cm³/mol. The zero-order valence-corrected chi connectivity index (χ0v) is 11.9. The molecule has 114 valence electrons. The topological polar surface area (TPSA) is 62.3 Å². The number of nitrogens with zero attached hydrogens (tertiary/aromatic N) is 2. The van der Waals surface area contributed by atoms with Crippen LogP contribution in [0.15, 0.2) is 23.4 Å². The van der Waals surface area contributed by atoms with Crippen molar-refractivity contribution >= 4 is 15.7 Å². The molecule has 1 heterocycles. The second-order valence-corrected chi connectivity index (χ2v) is 6.11. The number of rotatable bonds is 6. The molecular formula is C11H16F3N3O2S. The maximum atomic E-state index is 12.2. The lowest BCUT2D eigenvalue weighted by Crippen LogP contribution is -2.31. The fraction of sp³-hybridized carbons (Fsp3) is 0.545. The van der Waals surface area contributed by atoms with E-state index in [1.165, 1.54) is 12.3 Å². The first-order valence-corrected chi connectivity index (χ1v) is 7.33. The molecule has 0 amide bonds. The molecule has 1 aromatic rings. The van der Waals surface area contributed by atoms with Crippen molar-refractivity contribution in [2.24, 2.45) is 0 Å². The molecular weight excluding hydrogens is 295 g/mol. The Labute approximate surface area is 115 Å². The van der Waals surface area contributed by atoms with Gasteiger partial charge in [-0.15, -0.1) is 0 Å². The molecule has 1 N–H and O–H groups in total. The molecule has 5 nitrogen and oxygen atoms in total. The number of sulfonamides is 1. The first-order valence-electron chi connectivity index (χ1n) is 5.89. The zero-order chi connectivity index (χ0) is 15.4. The third kappa shape index (κ3) is 4.34. The maximum absolute atomic E-state index is 12.2. The van der Waals surface area contributed by atoms with E-state index in [0.29, 0.717) is 16.5 Å². The Balaban J connectivity index is 2.98. The summed E-state index contributed by atoms with van der Waals surface area (Å²) in [6.07, 6.45) is -3.06. The average molecular weight is 311 g/mol. The van der Waals surface area contributed by atoms with Gasteiger partial charge >= 0.3 is 6.18 Å². The Hall–Kier alpha value is -1.35. The van der Waals surface area contributed by atoms with Gasteiger partial charge in [-0.25, -0.2) is 12.7 Å². The summed E-state index contributed by atoms with van der Waals surface area (Å²) in [7, 11) is -2.89. The second kappa shape index (κ2) is 6.40. The maximum Gasteiger partial charge on any atom is 0.390 e. The third-order valence-corrected chi connectivity index (χ3v) is 4.43. The van der Waals surface area contributed by atoms with Gasteiger partial charge in [0.15, 0.2) is 0 Å². The van der Waals surface area contributed by atoms with E-state index in [2.05, 4.69) is 10.3 Å². The Morgan fingerprint density at radius 2 is 2.05 bits per heavy atom. The number of aromatic nitrogens is 1. The Kier molecular flexibility index (Phi) is 5.35. The Morgan fingerprint density at radius 1 is 1.40 bits per heavy atom. The van der Waals surface area contributed by atoms with Gasteiger partial charge in [0.2, 0.25) is 10.0 Å². The highest BCUT2D eigenvalue weighted by atomic mass is 32.2. The van der Waals surface area contributed by atoms with Crippen LogP contribution < -0.4 is 5.32 Å². The number of anilines is 1. The van der Waals surface area contributed by atoms with Gasteiger partial charge in [-0.3, -0.25) is 4.98 Å². The lowest BCUT2D eigenvalue weighted by atomic mass is 10.4. The monoisotopic (exact) mass is 311 g/mol. The molecule has 0 aliphatic heterocycles. The number of alkyl halides is 3. The molecule has 0 aliphatic rings. The summed E-state index contributed by atoms with van der Waals surface area (Å²) in [5, 5.41) is 2.84. The van der Waals surface area contributed by atoms with E-state index in [1.54, 1.807) is 6.92 Å². The van der Waals surface area contributed by atoms with Crippen molar-refractivity contribution in [2.45, 2.75) is 24.4 Å². The largest absolute Gasteiger partial charge is 0.390 e. The van der Waals surface area contributed by atoms with Crippen LogP contribution in [0, 0.1) is 0 Å². The lowest BCUT2D eigenvalue weighted by Gasteiger charge is -2.19. The molecule has 0 bridgehead atoms. The third-order valence-electron chi connectivity index (χ3n) is 2.55. The summed E-state index contributed by atoms with van der Waals surface area (Å²) < 4.78 is 61.6. The van der Waals surface area contributed by atoms with Crippen LogP contribution >= 0.6 is 0 Å². The van der Waals surface area contributed by atoms with Crippen molar-refractivity contribution in [3.8, 4) is 0 Å². The molecule has 20 heavy (non-hydrogen) atoms. The molecule has 0 fully saturated rings. The van der Waals surface area contributed by atoms with Crippen LogP contribution in [0.3, 0.4) is 0 Å². The summed E-state index contributed by atoms with van der Waals surface area (Å²) in [6, 6.07) is 1.47. The molecule has 0 saturated heterocycles. The van der Waals surface area contributed by atoms with Gasteiger partial charge in [0.25, 0.3) is 0 Å². The van der Waals surface area contributed by atoms with Crippen molar-refractivity contribution in [3.63, 3.8) is 0 Å². The highest BCUT2D eigenvalue weighted by Gasteiger charge is 2.31. The minimum Gasteiger partial charge on any atom is -0.384 e. The zero-order valence-electron chi connectivity index (χ0n) is 11.1. The van der Waals surface area contributed by atoms with Crippen LogP contribution in [0.4, 0.5) is 18.9 Å². The van der Waals surface area contributed by atoms with Gasteiger partial charge in [-0.1, -0.05) is 0 Å². The van der Waals surface area contributed by atoms with Crippen molar-refractivity contribution < 1.29 is 21.6 Å². The van der Waals surface area contributed by atoms with Crippen molar-refractivity contribution in [3.05, 3.63) is 18.5 Å². The van der Waals surface area contributed by atoms with Crippen LogP contribution in [0.2, 0.25) is 0 Å². The predicted octanol–water partition coefficient (Wildman–Crippen LogP) is 2.09. The van der Waals surface area contributed by atoms with Crippen molar-refractivity contribution in [1.82, 2.24) is 9.29 Å². The lowest BCUT2D eigenvalue weighted by molar-refractivity contribution is -0.135. The van der Waals surface area contributed by atoms with E-state index < -0.39 is 29.2 Å². The van der Waals surface area contributed by atoms with Crippen LogP contribution in [0.5, 0.6) is 0 Å². The van der Waals surface area contributed by atoms with Gasteiger partial charge in [-0.2, -0.15) is 13.2 Å². The van der Waals surface area contributed by atoms with Gasteiger partial charge in [0, 0.05) is 32.5 Å².